The van der Waals surface area contributed by atoms with Crippen molar-refractivity contribution in [3.05, 3.63) is 24.5 Å². The SMILES string of the molecule is CCCCNc1cnnc2cccnc12. The molecule has 15 heavy (non-hydrogen) atoms. The molecule has 0 saturated heterocycles. The van der Waals surface area contributed by atoms with Gasteiger partial charge < -0.3 is 5.32 Å². The van der Waals surface area contributed by atoms with Gasteiger partial charge in [-0.1, -0.05) is 13.3 Å². The number of anilines is 1. The fraction of sp³-hybridized carbons (Fsp3) is 0.364. The number of hydrogen-bond donors (Lipinski definition) is 1. The minimum atomic E-state index is 0.832. The van der Waals surface area contributed by atoms with E-state index in [1.54, 1.807) is 12.4 Å². The third-order valence-electron chi connectivity index (χ3n) is 2.24. The molecule has 2 aromatic rings. The molecule has 0 bridgehead atoms. The number of fused-ring (bicyclic) bond motifs is 1. The molecular weight excluding hydrogens is 188 g/mol. The van der Waals surface area contributed by atoms with Gasteiger partial charge in [0, 0.05) is 12.7 Å². The summed E-state index contributed by atoms with van der Waals surface area (Å²) >= 11 is 0. The van der Waals surface area contributed by atoms with E-state index < -0.39 is 0 Å². The van der Waals surface area contributed by atoms with Gasteiger partial charge in [-0.15, -0.1) is 5.10 Å². The molecule has 0 amide bonds. The highest BCUT2D eigenvalue weighted by Gasteiger charge is 2.01. The van der Waals surface area contributed by atoms with Gasteiger partial charge in [-0.2, -0.15) is 5.10 Å². The molecular formula is C11H14N4. The maximum atomic E-state index is 4.29. The molecule has 78 valence electrons. The predicted molar refractivity (Wildman–Crippen MR) is 60.7 cm³/mol. The normalized spacial score (nSPS) is 10.5. The van der Waals surface area contributed by atoms with Crippen LogP contribution in [0.2, 0.25) is 0 Å². The summed E-state index contributed by atoms with van der Waals surface area (Å²) < 4.78 is 0. The van der Waals surface area contributed by atoms with Crippen LogP contribution in [0.3, 0.4) is 0 Å². The molecule has 1 N–H and O–H groups in total. The highest BCUT2D eigenvalue weighted by atomic mass is 15.1. The highest BCUT2D eigenvalue weighted by molar-refractivity contribution is 5.85. The molecule has 4 nitrogen and oxygen atoms in total. The lowest BCUT2D eigenvalue weighted by molar-refractivity contribution is 0.833. The fourth-order valence-electron chi connectivity index (χ4n) is 1.42. The van der Waals surface area contributed by atoms with E-state index in [2.05, 4.69) is 27.4 Å². The van der Waals surface area contributed by atoms with Crippen molar-refractivity contribution in [2.75, 3.05) is 11.9 Å². The number of rotatable bonds is 4. The number of aromatic nitrogens is 3. The lowest BCUT2D eigenvalue weighted by atomic mass is 10.3. The second kappa shape index (κ2) is 4.68. The Kier molecular flexibility index (Phi) is 3.07. The van der Waals surface area contributed by atoms with Crippen LogP contribution in [0, 0.1) is 0 Å². The molecule has 4 heteroatoms. The quantitative estimate of drug-likeness (QED) is 0.772. The molecule has 0 atom stereocenters. The van der Waals surface area contributed by atoms with Gasteiger partial charge >= 0.3 is 0 Å². The Balaban J connectivity index is 2.26. The Morgan fingerprint density at radius 1 is 1.40 bits per heavy atom. The zero-order valence-corrected chi connectivity index (χ0v) is 8.77. The molecule has 0 aliphatic rings. The standard InChI is InChI=1S/C11H14N4/c1-2-3-6-12-10-8-14-15-9-5-4-7-13-11(9)10/h4-5,7-8H,2-3,6H2,1H3,(H,12,15). The summed E-state index contributed by atoms with van der Waals surface area (Å²) in [4.78, 5) is 4.29. The number of unbranched alkanes of at least 4 members (excludes halogenated alkanes) is 1. The molecule has 0 fully saturated rings. The summed E-state index contributed by atoms with van der Waals surface area (Å²) in [5.41, 5.74) is 2.69. The molecule has 0 radical (unpaired) electrons. The second-order valence-corrected chi connectivity index (χ2v) is 3.41. The van der Waals surface area contributed by atoms with Gasteiger partial charge in [0.05, 0.1) is 11.9 Å². The first-order chi connectivity index (χ1) is 7.42. The summed E-state index contributed by atoms with van der Waals surface area (Å²) in [6.07, 6.45) is 5.83. The van der Waals surface area contributed by atoms with Gasteiger partial charge in [0.25, 0.3) is 0 Å². The first-order valence-corrected chi connectivity index (χ1v) is 5.22. The van der Waals surface area contributed by atoms with Crippen LogP contribution >= 0.6 is 0 Å². The smallest absolute Gasteiger partial charge is 0.115 e. The van der Waals surface area contributed by atoms with E-state index in [1.807, 2.05) is 12.1 Å². The van der Waals surface area contributed by atoms with Gasteiger partial charge in [-0.25, -0.2) is 0 Å². The van der Waals surface area contributed by atoms with Gasteiger partial charge in [0.2, 0.25) is 0 Å². The summed E-state index contributed by atoms with van der Waals surface area (Å²) in [6, 6.07) is 3.78. The predicted octanol–water partition coefficient (Wildman–Crippen LogP) is 2.24. The average Bonchev–Trinajstić information content (AvgIpc) is 2.30. The third-order valence-corrected chi connectivity index (χ3v) is 2.24. The molecule has 0 spiro atoms. The van der Waals surface area contributed by atoms with Crippen LogP contribution in [0.1, 0.15) is 19.8 Å². The number of nitrogens with one attached hydrogen (secondary N) is 1. The molecule has 2 aromatic heterocycles. The van der Waals surface area contributed by atoms with Crippen molar-refractivity contribution < 1.29 is 0 Å². The second-order valence-electron chi connectivity index (χ2n) is 3.41. The van der Waals surface area contributed by atoms with Crippen LogP contribution in [0.5, 0.6) is 0 Å². The number of nitrogens with zero attached hydrogens (tertiary/aromatic N) is 3. The van der Waals surface area contributed by atoms with E-state index in [9.17, 15) is 0 Å². The molecule has 2 rings (SSSR count). The highest BCUT2D eigenvalue weighted by Crippen LogP contribution is 2.16. The van der Waals surface area contributed by atoms with Gasteiger partial charge in [0.1, 0.15) is 11.0 Å². The van der Waals surface area contributed by atoms with Crippen LogP contribution in [-0.2, 0) is 0 Å². The average molecular weight is 202 g/mol. The van der Waals surface area contributed by atoms with Crippen molar-refractivity contribution >= 4 is 16.7 Å². The van der Waals surface area contributed by atoms with Gasteiger partial charge in [0.15, 0.2) is 0 Å². The monoisotopic (exact) mass is 202 g/mol. The van der Waals surface area contributed by atoms with Crippen LogP contribution in [0.4, 0.5) is 5.69 Å². The first kappa shape index (κ1) is 9.83. The van der Waals surface area contributed by atoms with E-state index in [4.69, 9.17) is 0 Å². The number of hydrogen-bond acceptors (Lipinski definition) is 4. The van der Waals surface area contributed by atoms with E-state index in [0.717, 1.165) is 29.7 Å². The Hall–Kier alpha value is -1.71. The molecule has 0 aliphatic heterocycles. The molecule has 0 aliphatic carbocycles. The van der Waals surface area contributed by atoms with E-state index in [1.165, 1.54) is 6.42 Å². The molecule has 0 unspecified atom stereocenters. The lowest BCUT2D eigenvalue weighted by Crippen LogP contribution is -2.03. The third kappa shape index (κ3) is 2.21. The van der Waals surface area contributed by atoms with Crippen LogP contribution in [0.15, 0.2) is 24.5 Å². The lowest BCUT2D eigenvalue weighted by Gasteiger charge is -2.06. The zero-order chi connectivity index (χ0) is 10.5. The Morgan fingerprint density at radius 3 is 3.20 bits per heavy atom. The minimum Gasteiger partial charge on any atom is -0.382 e. The summed E-state index contributed by atoms with van der Waals surface area (Å²) in [6.45, 7) is 3.12. The van der Waals surface area contributed by atoms with E-state index >= 15 is 0 Å². The maximum absolute atomic E-state index is 4.29. The van der Waals surface area contributed by atoms with Crippen LogP contribution < -0.4 is 5.32 Å². The van der Waals surface area contributed by atoms with Gasteiger partial charge in [-0.3, -0.25) is 4.98 Å². The molecule has 2 heterocycles. The van der Waals surface area contributed by atoms with Crippen LogP contribution in [0.25, 0.3) is 11.0 Å². The topological polar surface area (TPSA) is 50.7 Å². The van der Waals surface area contributed by atoms with Gasteiger partial charge in [-0.05, 0) is 18.6 Å². The fourth-order valence-corrected chi connectivity index (χ4v) is 1.42. The first-order valence-electron chi connectivity index (χ1n) is 5.22. The van der Waals surface area contributed by atoms with Crippen molar-refractivity contribution in [1.29, 1.82) is 0 Å². The van der Waals surface area contributed by atoms with Crippen molar-refractivity contribution in [1.82, 2.24) is 15.2 Å². The summed E-state index contributed by atoms with van der Waals surface area (Å²) in [5.74, 6) is 0. The Bertz CT molecular complexity index is 436. The van der Waals surface area contributed by atoms with Crippen molar-refractivity contribution in [2.24, 2.45) is 0 Å². The summed E-state index contributed by atoms with van der Waals surface area (Å²) in [7, 11) is 0. The maximum Gasteiger partial charge on any atom is 0.115 e. The van der Waals surface area contributed by atoms with Crippen molar-refractivity contribution in [2.45, 2.75) is 19.8 Å². The number of pyridine rings is 1. The zero-order valence-electron chi connectivity index (χ0n) is 8.77. The van der Waals surface area contributed by atoms with E-state index in [-0.39, 0.29) is 0 Å². The molecule has 0 aromatic carbocycles. The van der Waals surface area contributed by atoms with Crippen molar-refractivity contribution in [3.8, 4) is 0 Å². The van der Waals surface area contributed by atoms with Crippen LogP contribution in [-0.4, -0.2) is 21.7 Å². The van der Waals surface area contributed by atoms with Crippen molar-refractivity contribution in [3.63, 3.8) is 0 Å². The Morgan fingerprint density at radius 2 is 2.33 bits per heavy atom. The summed E-state index contributed by atoms with van der Waals surface area (Å²) in [5, 5.41) is 11.3. The van der Waals surface area contributed by atoms with E-state index in [0.29, 0.717) is 0 Å². The Labute approximate surface area is 88.8 Å². The minimum absolute atomic E-state index is 0.832. The molecule has 0 saturated carbocycles. The largest absolute Gasteiger partial charge is 0.382 e.